The van der Waals surface area contributed by atoms with Crippen molar-refractivity contribution < 1.29 is 20.1 Å². The highest BCUT2D eigenvalue weighted by molar-refractivity contribution is 5.37. The Hall–Kier alpha value is -0.680. The van der Waals surface area contributed by atoms with Gasteiger partial charge >= 0.3 is 0 Å². The Morgan fingerprint density at radius 3 is 2.62 bits per heavy atom. The van der Waals surface area contributed by atoms with Gasteiger partial charge in [0, 0.05) is 5.92 Å². The van der Waals surface area contributed by atoms with Crippen molar-refractivity contribution in [3.63, 3.8) is 0 Å². The Kier molecular flexibility index (Phi) is 3.24. The quantitative estimate of drug-likeness (QED) is 0.629. The smallest absolute Gasteiger partial charge is 0.164 e. The molecule has 0 aromatic rings. The number of ether oxygens (including phenoxy) is 1. The van der Waals surface area contributed by atoms with Gasteiger partial charge in [0.05, 0.1) is 22.7 Å². The Labute approximate surface area is 155 Å². The Bertz CT molecular complexity index is 700. The van der Waals surface area contributed by atoms with Gasteiger partial charge in [-0.05, 0) is 60.8 Å². The van der Waals surface area contributed by atoms with Gasteiger partial charge in [-0.1, -0.05) is 39.5 Å². The second-order valence-corrected chi connectivity index (χ2v) is 10.4. The van der Waals surface area contributed by atoms with Crippen LogP contribution in [0.25, 0.3) is 0 Å². The highest BCUT2D eigenvalue weighted by Crippen LogP contribution is 2.77. The van der Waals surface area contributed by atoms with Gasteiger partial charge in [0.25, 0.3) is 0 Å². The average molecular weight is 360 g/mol. The molecule has 6 aliphatic rings. The lowest BCUT2D eigenvalue weighted by molar-refractivity contribution is -0.185. The summed E-state index contributed by atoms with van der Waals surface area (Å²) in [6.07, 6.45) is 6.49. The molecule has 1 spiro atoms. The van der Waals surface area contributed by atoms with Crippen LogP contribution in [0.15, 0.2) is 24.3 Å². The molecule has 4 nitrogen and oxygen atoms in total. The first kappa shape index (κ1) is 17.4. The molecule has 4 heteroatoms. The summed E-state index contributed by atoms with van der Waals surface area (Å²) in [7, 11) is 0. The fourth-order valence-electron chi connectivity index (χ4n) is 8.15. The van der Waals surface area contributed by atoms with Gasteiger partial charge in [0.2, 0.25) is 0 Å². The first-order valence-corrected chi connectivity index (χ1v) is 10.3. The van der Waals surface area contributed by atoms with Crippen molar-refractivity contribution >= 4 is 0 Å². The first-order chi connectivity index (χ1) is 12.1. The molecule has 5 fully saturated rings. The van der Waals surface area contributed by atoms with Crippen LogP contribution in [0.1, 0.15) is 52.9 Å². The fraction of sp³-hybridized carbons (Fsp3) is 0.818. The molecule has 0 aromatic heterocycles. The van der Waals surface area contributed by atoms with E-state index in [1.165, 1.54) is 0 Å². The van der Waals surface area contributed by atoms with Crippen LogP contribution < -0.4 is 0 Å². The van der Waals surface area contributed by atoms with Crippen LogP contribution >= 0.6 is 0 Å². The topological polar surface area (TPSA) is 69.9 Å². The predicted octanol–water partition coefficient (Wildman–Crippen LogP) is 2.78. The van der Waals surface area contributed by atoms with Crippen molar-refractivity contribution in [2.24, 2.45) is 34.5 Å². The summed E-state index contributed by atoms with van der Waals surface area (Å²) in [5.74, 6) is 1.08. The maximum absolute atomic E-state index is 11.1. The van der Waals surface area contributed by atoms with E-state index in [1.54, 1.807) is 0 Å². The van der Waals surface area contributed by atoms with Gasteiger partial charge in [0.1, 0.15) is 0 Å². The highest BCUT2D eigenvalue weighted by atomic mass is 16.6. The monoisotopic (exact) mass is 360 g/mol. The molecule has 144 valence electrons. The molecule has 1 heterocycles. The summed E-state index contributed by atoms with van der Waals surface area (Å²) in [5.41, 5.74) is -0.924. The molecule has 4 bridgehead atoms. The van der Waals surface area contributed by atoms with Gasteiger partial charge < -0.3 is 20.1 Å². The van der Waals surface area contributed by atoms with Gasteiger partial charge in [-0.25, -0.2) is 0 Å². The van der Waals surface area contributed by atoms with Crippen LogP contribution in [0.2, 0.25) is 0 Å². The highest BCUT2D eigenvalue weighted by Gasteiger charge is 2.79. The second-order valence-electron chi connectivity index (χ2n) is 10.4. The van der Waals surface area contributed by atoms with E-state index in [1.807, 2.05) is 13.0 Å². The lowest BCUT2D eigenvalue weighted by Gasteiger charge is -2.50. The molecule has 5 aliphatic carbocycles. The number of fused-ring (bicyclic) bond motifs is 3. The second kappa shape index (κ2) is 4.83. The number of rotatable bonds is 1. The van der Waals surface area contributed by atoms with Crippen molar-refractivity contribution in [1.29, 1.82) is 0 Å². The largest absolute Gasteiger partial charge is 0.388 e. The van der Waals surface area contributed by atoms with Crippen molar-refractivity contribution in [1.82, 2.24) is 0 Å². The zero-order chi connectivity index (χ0) is 18.7. The predicted molar refractivity (Wildman–Crippen MR) is 98.0 cm³/mol. The summed E-state index contributed by atoms with van der Waals surface area (Å²) < 4.78 is 6.39. The van der Waals surface area contributed by atoms with E-state index < -0.39 is 29.0 Å². The molecule has 1 aliphatic heterocycles. The minimum atomic E-state index is -0.956. The lowest BCUT2D eigenvalue weighted by Crippen LogP contribution is -2.51. The summed E-state index contributed by atoms with van der Waals surface area (Å²) in [6, 6.07) is 0. The first-order valence-electron chi connectivity index (χ1n) is 10.3. The summed E-state index contributed by atoms with van der Waals surface area (Å²) in [6.45, 7) is 10.8. The molecule has 0 radical (unpaired) electrons. The molecule has 1 saturated heterocycles. The molecular weight excluding hydrogens is 328 g/mol. The zero-order valence-corrected chi connectivity index (χ0v) is 16.1. The van der Waals surface area contributed by atoms with Crippen LogP contribution in [0, 0.1) is 34.5 Å². The van der Waals surface area contributed by atoms with Gasteiger partial charge in [0.15, 0.2) is 6.29 Å². The van der Waals surface area contributed by atoms with Crippen LogP contribution in [0.4, 0.5) is 0 Å². The van der Waals surface area contributed by atoms with E-state index in [4.69, 9.17) is 4.74 Å². The molecule has 3 N–H and O–H groups in total. The maximum atomic E-state index is 11.1. The molecular formula is C22H32O4. The number of aliphatic hydroxyl groups is 3. The SMILES string of the molecule is C=C1C[C@]23CCC1(O)CC[C@H]2[C@@]12C=C[C@H](O)[C@@](C)(C(O)O1)C2[C@@H]3C(C)C. The van der Waals surface area contributed by atoms with Gasteiger partial charge in [-0.15, -0.1) is 0 Å². The molecule has 0 aromatic carbocycles. The number of hydrogen-bond acceptors (Lipinski definition) is 4. The third-order valence-electron chi connectivity index (χ3n) is 9.21. The Morgan fingerprint density at radius 1 is 1.23 bits per heavy atom. The zero-order valence-electron chi connectivity index (χ0n) is 16.1. The van der Waals surface area contributed by atoms with E-state index in [2.05, 4.69) is 26.5 Å². The third kappa shape index (κ3) is 1.63. The standard InChI is InChI=1S/C22H32O4/c1-12(2)16-17-19(4)15(23)6-8-22(17,26-18(19)24)14-5-7-21(25)10-9-20(14,16)11-13(21)3/h6,8,12,14-18,23-25H,3,5,7,9-11H2,1-2,4H3/t14-,15+,16+,17?,18?,19-,20-,21?,22-/m1/s1. The van der Waals surface area contributed by atoms with E-state index in [0.717, 1.165) is 37.7 Å². The van der Waals surface area contributed by atoms with Crippen molar-refractivity contribution in [3.8, 4) is 0 Å². The molecule has 0 amide bonds. The molecule has 26 heavy (non-hydrogen) atoms. The summed E-state index contributed by atoms with van der Waals surface area (Å²) >= 11 is 0. The lowest BCUT2D eigenvalue weighted by atomic mass is 9.55. The van der Waals surface area contributed by atoms with E-state index in [9.17, 15) is 15.3 Å². The van der Waals surface area contributed by atoms with Crippen LogP contribution in [0.5, 0.6) is 0 Å². The van der Waals surface area contributed by atoms with Crippen molar-refractivity contribution in [2.45, 2.75) is 76.5 Å². The minimum absolute atomic E-state index is 0.0362. The molecule has 3 unspecified atom stereocenters. The number of aliphatic hydroxyl groups excluding tert-OH is 2. The van der Waals surface area contributed by atoms with Crippen LogP contribution in [0.3, 0.4) is 0 Å². The van der Waals surface area contributed by atoms with Crippen LogP contribution in [-0.4, -0.2) is 38.9 Å². The van der Waals surface area contributed by atoms with Gasteiger partial charge in [-0.2, -0.15) is 0 Å². The van der Waals surface area contributed by atoms with E-state index in [0.29, 0.717) is 11.8 Å². The fourth-order valence-corrected chi connectivity index (χ4v) is 8.15. The molecule has 4 saturated carbocycles. The number of hydrogen-bond donors (Lipinski definition) is 3. The summed E-state index contributed by atoms with van der Waals surface area (Å²) in [5, 5.41) is 32.8. The molecule has 6 rings (SSSR count). The van der Waals surface area contributed by atoms with Crippen LogP contribution in [-0.2, 0) is 4.74 Å². The Morgan fingerprint density at radius 2 is 1.96 bits per heavy atom. The van der Waals surface area contributed by atoms with Crippen molar-refractivity contribution in [3.05, 3.63) is 24.3 Å². The summed E-state index contributed by atoms with van der Waals surface area (Å²) in [4.78, 5) is 0. The average Bonchev–Trinajstić information content (AvgIpc) is 2.73. The van der Waals surface area contributed by atoms with E-state index in [-0.39, 0.29) is 17.3 Å². The molecule has 9 atom stereocenters. The minimum Gasteiger partial charge on any atom is -0.388 e. The maximum Gasteiger partial charge on any atom is 0.164 e. The van der Waals surface area contributed by atoms with E-state index >= 15 is 0 Å². The van der Waals surface area contributed by atoms with Crippen molar-refractivity contribution in [2.75, 3.05) is 0 Å². The Balaban J connectivity index is 1.75. The van der Waals surface area contributed by atoms with Gasteiger partial charge in [-0.3, -0.25) is 0 Å². The normalized spacial score (nSPS) is 60.3. The third-order valence-corrected chi connectivity index (χ3v) is 9.21.